The Balaban J connectivity index is 0. The molecule has 1 atom stereocenters. The molecule has 14 heavy (non-hydrogen) atoms. The van der Waals surface area contributed by atoms with E-state index in [9.17, 15) is 4.79 Å². The van der Waals surface area contributed by atoms with E-state index in [0.29, 0.717) is 13.0 Å². The second kappa shape index (κ2) is 9.62. The SMILES string of the molecule is Br.CCOC(C)C(=O)CCCN(C)C. The van der Waals surface area contributed by atoms with Crippen LogP contribution in [-0.2, 0) is 9.53 Å². The van der Waals surface area contributed by atoms with Gasteiger partial charge in [0.15, 0.2) is 5.78 Å². The van der Waals surface area contributed by atoms with Crippen LogP contribution < -0.4 is 0 Å². The molecule has 0 aliphatic heterocycles. The van der Waals surface area contributed by atoms with Crippen molar-refractivity contribution in [2.24, 2.45) is 0 Å². The number of hydrogen-bond donors (Lipinski definition) is 0. The van der Waals surface area contributed by atoms with E-state index < -0.39 is 0 Å². The van der Waals surface area contributed by atoms with Gasteiger partial charge in [-0.15, -0.1) is 17.0 Å². The van der Waals surface area contributed by atoms with Crippen molar-refractivity contribution in [3.8, 4) is 0 Å². The fraction of sp³-hybridized carbons (Fsp3) is 0.900. The normalized spacial score (nSPS) is 12.4. The molecule has 0 bridgehead atoms. The van der Waals surface area contributed by atoms with E-state index in [-0.39, 0.29) is 28.9 Å². The molecule has 0 aliphatic carbocycles. The summed E-state index contributed by atoms with van der Waals surface area (Å²) in [6.45, 7) is 5.30. The number of rotatable bonds is 7. The van der Waals surface area contributed by atoms with Crippen molar-refractivity contribution in [3.05, 3.63) is 0 Å². The predicted molar refractivity (Wildman–Crippen MR) is 64.2 cm³/mol. The molecule has 0 fully saturated rings. The summed E-state index contributed by atoms with van der Waals surface area (Å²) in [5.41, 5.74) is 0. The van der Waals surface area contributed by atoms with Gasteiger partial charge in [-0.3, -0.25) is 4.79 Å². The topological polar surface area (TPSA) is 29.5 Å². The Bertz CT molecular complexity index is 151. The Hall–Kier alpha value is 0.0700. The molecule has 86 valence electrons. The molecular weight excluding hydrogens is 246 g/mol. The van der Waals surface area contributed by atoms with E-state index >= 15 is 0 Å². The van der Waals surface area contributed by atoms with Gasteiger partial charge in [-0.05, 0) is 40.9 Å². The minimum atomic E-state index is -0.229. The third-order valence-corrected chi connectivity index (χ3v) is 1.90. The van der Waals surface area contributed by atoms with Crippen LogP contribution in [0.1, 0.15) is 26.7 Å². The lowest BCUT2D eigenvalue weighted by Crippen LogP contribution is -2.22. The molecular formula is C10H22BrNO2. The number of carbonyl (C=O) groups excluding carboxylic acids is 1. The van der Waals surface area contributed by atoms with Gasteiger partial charge in [-0.25, -0.2) is 0 Å². The minimum Gasteiger partial charge on any atom is -0.371 e. The van der Waals surface area contributed by atoms with Gasteiger partial charge in [0.1, 0.15) is 6.10 Å². The van der Waals surface area contributed by atoms with Crippen molar-refractivity contribution in [2.75, 3.05) is 27.2 Å². The average Bonchev–Trinajstić information content (AvgIpc) is 2.04. The summed E-state index contributed by atoms with van der Waals surface area (Å²) >= 11 is 0. The van der Waals surface area contributed by atoms with Crippen LogP contribution in [0.4, 0.5) is 0 Å². The van der Waals surface area contributed by atoms with Crippen LogP contribution in [0.15, 0.2) is 0 Å². The highest BCUT2D eigenvalue weighted by molar-refractivity contribution is 8.93. The van der Waals surface area contributed by atoms with Crippen LogP contribution in [0.2, 0.25) is 0 Å². The lowest BCUT2D eigenvalue weighted by Gasteiger charge is -2.12. The molecule has 0 rings (SSSR count). The molecule has 0 saturated heterocycles. The molecule has 0 amide bonds. The summed E-state index contributed by atoms with van der Waals surface area (Å²) in [6, 6.07) is 0. The first kappa shape index (κ1) is 16.5. The smallest absolute Gasteiger partial charge is 0.161 e. The zero-order chi connectivity index (χ0) is 10.3. The summed E-state index contributed by atoms with van der Waals surface area (Å²) < 4.78 is 5.20. The standard InChI is InChI=1S/C10H21NO2.BrH/c1-5-13-9(2)10(12)7-6-8-11(3)4;/h9H,5-8H2,1-4H3;1H. The summed E-state index contributed by atoms with van der Waals surface area (Å²) in [5, 5.41) is 0. The number of halogens is 1. The van der Waals surface area contributed by atoms with Gasteiger partial charge in [0.05, 0.1) is 0 Å². The molecule has 1 unspecified atom stereocenters. The van der Waals surface area contributed by atoms with Crippen LogP contribution >= 0.6 is 17.0 Å². The van der Waals surface area contributed by atoms with Crippen molar-refractivity contribution in [2.45, 2.75) is 32.8 Å². The summed E-state index contributed by atoms with van der Waals surface area (Å²) in [6.07, 6.45) is 1.31. The van der Waals surface area contributed by atoms with Crippen LogP contribution in [0.5, 0.6) is 0 Å². The monoisotopic (exact) mass is 267 g/mol. The maximum absolute atomic E-state index is 11.4. The van der Waals surface area contributed by atoms with Gasteiger partial charge < -0.3 is 9.64 Å². The van der Waals surface area contributed by atoms with Gasteiger partial charge in [-0.2, -0.15) is 0 Å². The van der Waals surface area contributed by atoms with Gasteiger partial charge in [0, 0.05) is 13.0 Å². The number of ketones is 1. The highest BCUT2D eigenvalue weighted by Crippen LogP contribution is 2.00. The van der Waals surface area contributed by atoms with Crippen LogP contribution in [0.3, 0.4) is 0 Å². The number of carbonyl (C=O) groups is 1. The van der Waals surface area contributed by atoms with Crippen molar-refractivity contribution in [1.29, 1.82) is 0 Å². The lowest BCUT2D eigenvalue weighted by molar-refractivity contribution is -0.129. The fourth-order valence-electron chi connectivity index (χ4n) is 1.12. The predicted octanol–water partition coefficient (Wildman–Crippen LogP) is 1.90. The molecule has 0 spiro atoms. The van der Waals surface area contributed by atoms with Crippen molar-refractivity contribution in [3.63, 3.8) is 0 Å². The Morgan fingerprint density at radius 3 is 2.43 bits per heavy atom. The van der Waals surface area contributed by atoms with Gasteiger partial charge in [0.25, 0.3) is 0 Å². The molecule has 0 aromatic rings. The molecule has 0 N–H and O–H groups in total. The third kappa shape index (κ3) is 8.66. The van der Waals surface area contributed by atoms with E-state index in [0.717, 1.165) is 13.0 Å². The van der Waals surface area contributed by atoms with E-state index in [4.69, 9.17) is 4.74 Å². The summed E-state index contributed by atoms with van der Waals surface area (Å²) in [7, 11) is 4.02. The summed E-state index contributed by atoms with van der Waals surface area (Å²) in [4.78, 5) is 13.5. The van der Waals surface area contributed by atoms with Crippen LogP contribution in [0, 0.1) is 0 Å². The fourth-order valence-corrected chi connectivity index (χ4v) is 1.12. The molecule has 0 heterocycles. The number of Topliss-reactive ketones (excluding diaryl/α,β-unsaturated/α-hetero) is 1. The number of hydrogen-bond acceptors (Lipinski definition) is 3. The molecule has 3 nitrogen and oxygen atoms in total. The summed E-state index contributed by atoms with van der Waals surface area (Å²) in [5.74, 6) is 0.212. The molecule has 0 saturated carbocycles. The third-order valence-electron chi connectivity index (χ3n) is 1.90. The quantitative estimate of drug-likeness (QED) is 0.706. The molecule has 0 radical (unpaired) electrons. The van der Waals surface area contributed by atoms with E-state index in [1.54, 1.807) is 0 Å². The van der Waals surface area contributed by atoms with E-state index in [1.807, 2.05) is 27.9 Å². The van der Waals surface area contributed by atoms with Gasteiger partial charge in [0.2, 0.25) is 0 Å². The molecule has 0 aromatic heterocycles. The zero-order valence-electron chi connectivity index (χ0n) is 9.58. The van der Waals surface area contributed by atoms with Crippen LogP contribution in [-0.4, -0.2) is 44.0 Å². The molecule has 0 aliphatic rings. The Morgan fingerprint density at radius 1 is 1.43 bits per heavy atom. The Labute approximate surface area is 97.6 Å². The van der Waals surface area contributed by atoms with E-state index in [1.165, 1.54) is 0 Å². The largest absolute Gasteiger partial charge is 0.371 e. The van der Waals surface area contributed by atoms with Gasteiger partial charge in [-0.1, -0.05) is 0 Å². The second-order valence-corrected chi connectivity index (χ2v) is 3.47. The Morgan fingerprint density at radius 2 is 2.00 bits per heavy atom. The molecule has 0 aromatic carbocycles. The highest BCUT2D eigenvalue weighted by Gasteiger charge is 2.11. The maximum atomic E-state index is 11.4. The number of ether oxygens (including phenoxy) is 1. The lowest BCUT2D eigenvalue weighted by atomic mass is 10.1. The average molecular weight is 268 g/mol. The van der Waals surface area contributed by atoms with Gasteiger partial charge >= 0.3 is 0 Å². The first-order chi connectivity index (χ1) is 6.07. The number of nitrogens with zero attached hydrogens (tertiary/aromatic N) is 1. The van der Waals surface area contributed by atoms with Crippen molar-refractivity contribution >= 4 is 22.8 Å². The first-order valence-corrected chi connectivity index (χ1v) is 4.87. The van der Waals surface area contributed by atoms with Crippen LogP contribution in [0.25, 0.3) is 0 Å². The maximum Gasteiger partial charge on any atom is 0.161 e. The van der Waals surface area contributed by atoms with Crippen molar-refractivity contribution < 1.29 is 9.53 Å². The molecule has 4 heteroatoms. The minimum absolute atomic E-state index is 0. The Kier molecular flexibility index (Phi) is 11.3. The van der Waals surface area contributed by atoms with Crippen molar-refractivity contribution in [1.82, 2.24) is 4.90 Å². The zero-order valence-corrected chi connectivity index (χ0v) is 11.3. The first-order valence-electron chi connectivity index (χ1n) is 4.87. The highest BCUT2D eigenvalue weighted by atomic mass is 79.9. The second-order valence-electron chi connectivity index (χ2n) is 3.47. The van der Waals surface area contributed by atoms with E-state index in [2.05, 4.69) is 4.90 Å².